The van der Waals surface area contributed by atoms with E-state index in [0.29, 0.717) is 0 Å². The normalized spacial score (nSPS) is 11.6. The van der Waals surface area contributed by atoms with E-state index in [1.807, 2.05) is 25.6 Å². The lowest BCUT2D eigenvalue weighted by molar-refractivity contribution is -0.120. The lowest BCUT2D eigenvalue weighted by Gasteiger charge is -2.19. The van der Waals surface area contributed by atoms with E-state index in [4.69, 9.17) is 9.47 Å². The lowest BCUT2D eigenvalue weighted by atomic mass is 10.5. The predicted molar refractivity (Wildman–Crippen MR) is 72.2 cm³/mol. The van der Waals surface area contributed by atoms with Crippen molar-refractivity contribution in [2.75, 3.05) is 44.4 Å². The maximum Gasteiger partial charge on any atom is 0.166 e. The Hall–Kier alpha value is 0.230. The first-order valence-corrected chi connectivity index (χ1v) is 7.47. The van der Waals surface area contributed by atoms with Gasteiger partial charge in [0.2, 0.25) is 0 Å². The minimum absolute atomic E-state index is 0.0308. The van der Waals surface area contributed by atoms with Crippen molar-refractivity contribution in [2.45, 2.75) is 34.0 Å². The maximum atomic E-state index is 5.49. The van der Waals surface area contributed by atoms with Gasteiger partial charge in [0.1, 0.15) is 0 Å². The van der Waals surface area contributed by atoms with E-state index in [2.05, 4.69) is 18.7 Å². The summed E-state index contributed by atoms with van der Waals surface area (Å²) in [7, 11) is 0. The van der Waals surface area contributed by atoms with Gasteiger partial charge in [-0.3, -0.25) is 0 Å². The van der Waals surface area contributed by atoms with Crippen LogP contribution in [0.4, 0.5) is 0 Å². The fourth-order valence-corrected chi connectivity index (χ4v) is 2.37. The molecule has 0 fully saturated rings. The van der Waals surface area contributed by atoms with Crippen LogP contribution in [0.15, 0.2) is 0 Å². The van der Waals surface area contributed by atoms with Gasteiger partial charge in [-0.25, -0.2) is 0 Å². The molecule has 0 aliphatic heterocycles. The van der Waals surface area contributed by atoms with Crippen LogP contribution < -0.4 is 0 Å². The van der Waals surface area contributed by atoms with E-state index in [0.717, 1.165) is 44.4 Å². The number of hydrogen-bond donors (Lipinski definition) is 0. The lowest BCUT2D eigenvalue weighted by Crippen LogP contribution is -2.26. The van der Waals surface area contributed by atoms with Gasteiger partial charge in [-0.15, -0.1) is 0 Å². The summed E-state index contributed by atoms with van der Waals surface area (Å²) >= 11 is 1.91. The monoisotopic (exact) mass is 249 g/mol. The predicted octanol–water partition coefficient (Wildman–Crippen LogP) is 2.46. The van der Waals surface area contributed by atoms with E-state index >= 15 is 0 Å². The average Bonchev–Trinajstić information content (AvgIpc) is 2.30. The van der Waals surface area contributed by atoms with Gasteiger partial charge in [-0.2, -0.15) is 11.8 Å². The molecule has 0 aromatic carbocycles. The standard InChI is InChI=1S/C12H27NO2S/c1-5-13(6-2)9-10-16-11-12(14-7-3)15-8-4/h12H,5-11H2,1-4H3. The molecule has 0 heterocycles. The minimum Gasteiger partial charge on any atom is -0.352 e. The Balaban J connectivity index is 3.52. The zero-order valence-electron chi connectivity index (χ0n) is 11.2. The maximum absolute atomic E-state index is 5.49. The zero-order chi connectivity index (χ0) is 12.2. The first-order valence-electron chi connectivity index (χ1n) is 6.31. The quantitative estimate of drug-likeness (QED) is 0.414. The highest BCUT2D eigenvalue weighted by molar-refractivity contribution is 7.99. The first-order chi connectivity index (χ1) is 7.78. The summed E-state index contributed by atoms with van der Waals surface area (Å²) < 4.78 is 11.0. The second kappa shape index (κ2) is 11.7. The molecular formula is C12H27NO2S. The summed E-state index contributed by atoms with van der Waals surface area (Å²) in [5.41, 5.74) is 0. The minimum atomic E-state index is -0.0308. The molecule has 98 valence electrons. The van der Waals surface area contributed by atoms with E-state index < -0.39 is 0 Å². The molecule has 0 rings (SSSR count). The fraction of sp³-hybridized carbons (Fsp3) is 1.00. The molecule has 0 bridgehead atoms. The molecule has 4 heteroatoms. The van der Waals surface area contributed by atoms with Crippen LogP contribution >= 0.6 is 11.8 Å². The molecule has 0 aromatic rings. The number of hydrogen-bond acceptors (Lipinski definition) is 4. The van der Waals surface area contributed by atoms with Gasteiger partial charge in [-0.1, -0.05) is 13.8 Å². The number of thioether (sulfide) groups is 1. The van der Waals surface area contributed by atoms with Gasteiger partial charge in [0.05, 0.1) is 0 Å². The molecule has 16 heavy (non-hydrogen) atoms. The Kier molecular flexibility index (Phi) is 11.9. The largest absolute Gasteiger partial charge is 0.352 e. The molecule has 3 nitrogen and oxygen atoms in total. The molecule has 0 amide bonds. The molecular weight excluding hydrogens is 222 g/mol. The van der Waals surface area contributed by atoms with E-state index in [-0.39, 0.29) is 6.29 Å². The fourth-order valence-electron chi connectivity index (χ4n) is 1.43. The SMILES string of the molecule is CCOC(CSCCN(CC)CC)OCC. The Morgan fingerprint density at radius 2 is 1.56 bits per heavy atom. The van der Waals surface area contributed by atoms with Gasteiger partial charge >= 0.3 is 0 Å². The second-order valence-corrected chi connectivity index (χ2v) is 4.59. The van der Waals surface area contributed by atoms with E-state index in [9.17, 15) is 0 Å². The highest BCUT2D eigenvalue weighted by Crippen LogP contribution is 2.08. The van der Waals surface area contributed by atoms with Crippen LogP contribution in [0.3, 0.4) is 0 Å². The van der Waals surface area contributed by atoms with Crippen molar-refractivity contribution < 1.29 is 9.47 Å². The summed E-state index contributed by atoms with van der Waals surface area (Å²) in [6.45, 7) is 13.3. The van der Waals surface area contributed by atoms with E-state index in [1.165, 1.54) is 0 Å². The Labute approximate surface area is 105 Å². The van der Waals surface area contributed by atoms with Crippen LogP contribution in [-0.4, -0.2) is 55.5 Å². The van der Waals surface area contributed by atoms with Crippen molar-refractivity contribution in [2.24, 2.45) is 0 Å². The molecule has 0 aromatic heterocycles. The second-order valence-electron chi connectivity index (χ2n) is 3.44. The highest BCUT2D eigenvalue weighted by atomic mass is 32.2. The van der Waals surface area contributed by atoms with Gasteiger partial charge in [0, 0.05) is 31.3 Å². The van der Waals surface area contributed by atoms with Crippen molar-refractivity contribution in [3.8, 4) is 0 Å². The molecule has 0 aliphatic carbocycles. The molecule has 0 radical (unpaired) electrons. The summed E-state index contributed by atoms with van der Waals surface area (Å²) in [4.78, 5) is 2.43. The average molecular weight is 249 g/mol. The Morgan fingerprint density at radius 1 is 1.00 bits per heavy atom. The third kappa shape index (κ3) is 8.39. The molecule has 0 saturated carbocycles. The summed E-state index contributed by atoms with van der Waals surface area (Å²) in [6, 6.07) is 0. The van der Waals surface area contributed by atoms with Crippen molar-refractivity contribution in [3.05, 3.63) is 0 Å². The molecule has 0 unspecified atom stereocenters. The highest BCUT2D eigenvalue weighted by Gasteiger charge is 2.07. The molecule has 0 saturated heterocycles. The summed E-state index contributed by atoms with van der Waals surface area (Å²) in [6.07, 6.45) is -0.0308. The van der Waals surface area contributed by atoms with Gasteiger partial charge < -0.3 is 14.4 Å². The number of nitrogens with zero attached hydrogens (tertiary/aromatic N) is 1. The molecule has 0 N–H and O–H groups in total. The molecule has 0 atom stereocenters. The number of rotatable bonds is 11. The Morgan fingerprint density at radius 3 is 2.00 bits per heavy atom. The van der Waals surface area contributed by atoms with Gasteiger partial charge in [-0.05, 0) is 26.9 Å². The smallest absolute Gasteiger partial charge is 0.166 e. The van der Waals surface area contributed by atoms with Crippen molar-refractivity contribution in [1.29, 1.82) is 0 Å². The molecule has 0 aliphatic rings. The number of ether oxygens (including phenoxy) is 2. The topological polar surface area (TPSA) is 21.7 Å². The van der Waals surface area contributed by atoms with Crippen LogP contribution in [0.25, 0.3) is 0 Å². The summed E-state index contributed by atoms with van der Waals surface area (Å²) in [5, 5.41) is 0. The van der Waals surface area contributed by atoms with Gasteiger partial charge in [0.15, 0.2) is 6.29 Å². The van der Waals surface area contributed by atoms with Crippen molar-refractivity contribution in [1.82, 2.24) is 4.90 Å². The van der Waals surface area contributed by atoms with Crippen LogP contribution in [0.5, 0.6) is 0 Å². The molecule has 0 spiro atoms. The van der Waals surface area contributed by atoms with E-state index in [1.54, 1.807) is 0 Å². The zero-order valence-corrected chi connectivity index (χ0v) is 12.0. The van der Waals surface area contributed by atoms with Gasteiger partial charge in [0.25, 0.3) is 0 Å². The van der Waals surface area contributed by atoms with Crippen molar-refractivity contribution in [3.63, 3.8) is 0 Å². The van der Waals surface area contributed by atoms with Crippen LogP contribution in [0.1, 0.15) is 27.7 Å². The first kappa shape index (κ1) is 16.2. The van der Waals surface area contributed by atoms with Crippen LogP contribution in [0.2, 0.25) is 0 Å². The van der Waals surface area contributed by atoms with Crippen LogP contribution in [0, 0.1) is 0 Å². The van der Waals surface area contributed by atoms with Crippen LogP contribution in [-0.2, 0) is 9.47 Å². The Bertz CT molecular complexity index is 137. The summed E-state index contributed by atoms with van der Waals surface area (Å²) in [5.74, 6) is 2.08. The third-order valence-corrected chi connectivity index (χ3v) is 3.38. The third-order valence-electron chi connectivity index (χ3n) is 2.41. The van der Waals surface area contributed by atoms with Crippen molar-refractivity contribution >= 4 is 11.8 Å².